The van der Waals surface area contributed by atoms with Crippen molar-refractivity contribution in [2.75, 3.05) is 12.0 Å². The Bertz CT molecular complexity index is 1500. The van der Waals surface area contributed by atoms with E-state index in [1.807, 2.05) is 0 Å². The molecular weight excluding hydrogens is 479 g/mol. The molecule has 5 rings (SSSR count). The highest BCUT2D eigenvalue weighted by Gasteiger charge is 2.48. The lowest BCUT2D eigenvalue weighted by Gasteiger charge is -2.23. The fourth-order valence-electron chi connectivity index (χ4n) is 3.94. The van der Waals surface area contributed by atoms with Crippen molar-refractivity contribution in [3.8, 4) is 5.75 Å². The van der Waals surface area contributed by atoms with Gasteiger partial charge < -0.3 is 9.84 Å². The first-order chi connectivity index (χ1) is 16.4. The van der Waals surface area contributed by atoms with Crippen LogP contribution in [-0.4, -0.2) is 28.9 Å². The Morgan fingerprint density at radius 3 is 2.68 bits per heavy atom. The minimum atomic E-state index is -0.987. The lowest BCUT2D eigenvalue weighted by atomic mass is 9.95. The fraction of sp³-hybridized carbons (Fsp3) is 0.0800. The minimum Gasteiger partial charge on any atom is -0.507 e. The average molecular weight is 495 g/mol. The summed E-state index contributed by atoms with van der Waals surface area (Å²) in [7, 11) is 1.50. The second kappa shape index (κ2) is 8.55. The minimum absolute atomic E-state index is 0.106. The Hall–Kier alpha value is -3.75. The van der Waals surface area contributed by atoms with E-state index in [-0.39, 0.29) is 16.5 Å². The zero-order valence-corrected chi connectivity index (χ0v) is 19.2. The van der Waals surface area contributed by atoms with Gasteiger partial charge in [-0.25, -0.2) is 9.37 Å². The summed E-state index contributed by atoms with van der Waals surface area (Å²) in [5.74, 6) is -2.00. The highest BCUT2D eigenvalue weighted by atomic mass is 35.5. The van der Waals surface area contributed by atoms with Gasteiger partial charge in [0.1, 0.15) is 17.3 Å². The van der Waals surface area contributed by atoms with Crippen LogP contribution in [0.15, 0.2) is 72.3 Å². The summed E-state index contributed by atoms with van der Waals surface area (Å²) in [5.41, 5.74) is 1.21. The molecule has 34 heavy (non-hydrogen) atoms. The number of hydrogen-bond acceptors (Lipinski definition) is 6. The number of aliphatic hydroxyl groups excluding tert-OH is 1. The molecule has 2 heterocycles. The number of hydrogen-bond donors (Lipinski definition) is 1. The van der Waals surface area contributed by atoms with Gasteiger partial charge >= 0.3 is 5.91 Å². The van der Waals surface area contributed by atoms with Gasteiger partial charge in [0, 0.05) is 10.6 Å². The van der Waals surface area contributed by atoms with Crippen LogP contribution in [0.5, 0.6) is 5.75 Å². The molecule has 1 aromatic heterocycles. The van der Waals surface area contributed by atoms with Gasteiger partial charge in [0.2, 0.25) is 0 Å². The lowest BCUT2D eigenvalue weighted by molar-refractivity contribution is -0.132. The molecule has 0 radical (unpaired) electrons. The van der Waals surface area contributed by atoms with Crippen molar-refractivity contribution in [3.05, 3.63) is 94.3 Å². The molecule has 9 heteroatoms. The average Bonchev–Trinajstić information content (AvgIpc) is 3.36. The van der Waals surface area contributed by atoms with E-state index in [0.29, 0.717) is 32.1 Å². The van der Waals surface area contributed by atoms with Crippen LogP contribution >= 0.6 is 22.9 Å². The van der Waals surface area contributed by atoms with E-state index in [1.54, 1.807) is 42.5 Å². The number of rotatable bonds is 4. The molecule has 1 N–H and O–H groups in total. The molecule has 1 amide bonds. The smallest absolute Gasteiger partial charge is 0.301 e. The molecule has 0 spiro atoms. The Balaban J connectivity index is 1.75. The van der Waals surface area contributed by atoms with Gasteiger partial charge in [-0.05, 0) is 48.0 Å². The van der Waals surface area contributed by atoms with Gasteiger partial charge in [0.25, 0.3) is 5.78 Å². The van der Waals surface area contributed by atoms with Gasteiger partial charge in [-0.1, -0.05) is 47.2 Å². The van der Waals surface area contributed by atoms with Gasteiger partial charge in [0.05, 0.1) is 28.9 Å². The van der Waals surface area contributed by atoms with E-state index in [0.717, 1.165) is 11.3 Å². The summed E-state index contributed by atoms with van der Waals surface area (Å²) in [6.45, 7) is 0. The molecule has 1 aliphatic rings. The van der Waals surface area contributed by atoms with E-state index in [2.05, 4.69) is 4.98 Å². The molecular formula is C25H16ClFN2O4S. The van der Waals surface area contributed by atoms with Crippen LogP contribution in [-0.2, 0) is 9.59 Å². The Kier molecular flexibility index (Phi) is 5.55. The number of amides is 1. The number of nitrogens with zero attached hydrogens (tertiary/aromatic N) is 2. The van der Waals surface area contributed by atoms with Crippen LogP contribution in [0.1, 0.15) is 17.2 Å². The number of thiazole rings is 1. The summed E-state index contributed by atoms with van der Waals surface area (Å²) in [6, 6.07) is 16.4. The number of carbonyl (C=O) groups is 2. The Labute approximate surface area is 202 Å². The first-order valence-electron chi connectivity index (χ1n) is 10.1. The van der Waals surface area contributed by atoms with Crippen LogP contribution in [0.25, 0.3) is 16.0 Å². The molecule has 0 saturated carbocycles. The maximum Gasteiger partial charge on any atom is 0.301 e. The topological polar surface area (TPSA) is 79.7 Å². The van der Waals surface area contributed by atoms with E-state index >= 15 is 0 Å². The molecule has 0 bridgehead atoms. The molecule has 1 fully saturated rings. The number of ether oxygens (including phenoxy) is 1. The molecule has 6 nitrogen and oxygen atoms in total. The van der Waals surface area contributed by atoms with Gasteiger partial charge in [-0.2, -0.15) is 0 Å². The molecule has 0 aliphatic carbocycles. The molecule has 170 valence electrons. The quantitative estimate of drug-likeness (QED) is 0.223. The van der Waals surface area contributed by atoms with Gasteiger partial charge in [-0.3, -0.25) is 14.5 Å². The maximum atomic E-state index is 13.8. The molecule has 1 aliphatic heterocycles. The number of aromatic nitrogens is 1. The number of ketones is 1. The van der Waals surface area contributed by atoms with Gasteiger partial charge in [0.15, 0.2) is 5.13 Å². The second-order valence-electron chi connectivity index (χ2n) is 7.56. The normalized spacial score (nSPS) is 17.5. The number of halogens is 2. The number of methoxy groups -OCH3 is 1. The summed E-state index contributed by atoms with van der Waals surface area (Å²) in [4.78, 5) is 32.2. The Morgan fingerprint density at radius 2 is 1.91 bits per heavy atom. The van der Waals surface area contributed by atoms with Crippen LogP contribution in [0.4, 0.5) is 9.52 Å². The number of fused-ring (bicyclic) bond motifs is 1. The van der Waals surface area contributed by atoms with Crippen molar-refractivity contribution in [3.63, 3.8) is 0 Å². The second-order valence-corrected chi connectivity index (χ2v) is 9.01. The van der Waals surface area contributed by atoms with Crippen molar-refractivity contribution in [2.24, 2.45) is 0 Å². The molecule has 1 atom stereocenters. The summed E-state index contributed by atoms with van der Waals surface area (Å²) >= 11 is 7.16. The van der Waals surface area contributed by atoms with Crippen molar-refractivity contribution in [2.45, 2.75) is 6.04 Å². The summed E-state index contributed by atoms with van der Waals surface area (Å²) in [6.07, 6.45) is 0. The van der Waals surface area contributed by atoms with Crippen molar-refractivity contribution >= 4 is 55.7 Å². The molecule has 4 aromatic rings. The fourth-order valence-corrected chi connectivity index (χ4v) is 5.14. The van der Waals surface area contributed by atoms with Gasteiger partial charge in [-0.15, -0.1) is 0 Å². The van der Waals surface area contributed by atoms with E-state index in [1.165, 1.54) is 36.3 Å². The van der Waals surface area contributed by atoms with Crippen LogP contribution in [0, 0.1) is 5.82 Å². The zero-order valence-electron chi connectivity index (χ0n) is 17.7. The largest absolute Gasteiger partial charge is 0.507 e. The van der Waals surface area contributed by atoms with E-state index in [9.17, 15) is 19.1 Å². The van der Waals surface area contributed by atoms with Crippen molar-refractivity contribution in [1.29, 1.82) is 0 Å². The summed E-state index contributed by atoms with van der Waals surface area (Å²) in [5, 5.41) is 11.7. The first-order valence-corrected chi connectivity index (χ1v) is 11.3. The highest BCUT2D eigenvalue weighted by Crippen LogP contribution is 2.45. The predicted octanol–water partition coefficient (Wildman–Crippen LogP) is 5.72. The number of carbonyl (C=O) groups excluding carboxylic acids is 2. The zero-order chi connectivity index (χ0) is 24.0. The number of anilines is 1. The maximum absolute atomic E-state index is 13.8. The number of aliphatic hydroxyl groups is 1. The van der Waals surface area contributed by atoms with E-state index in [4.69, 9.17) is 16.3 Å². The lowest BCUT2D eigenvalue weighted by Crippen LogP contribution is -2.29. The first kappa shape index (κ1) is 22.1. The van der Waals surface area contributed by atoms with Crippen LogP contribution < -0.4 is 9.64 Å². The SMILES string of the molecule is COc1cccc(C2/C(=C(\O)c3cccc(Cl)c3)C(=O)C(=O)N2c2nc3ccc(F)cc3s2)c1. The molecule has 3 aromatic carbocycles. The van der Waals surface area contributed by atoms with Crippen molar-refractivity contribution in [1.82, 2.24) is 4.98 Å². The van der Waals surface area contributed by atoms with Crippen LogP contribution in [0.3, 0.4) is 0 Å². The van der Waals surface area contributed by atoms with Crippen LogP contribution in [0.2, 0.25) is 5.02 Å². The third-order valence-corrected chi connectivity index (χ3v) is 6.75. The third-order valence-electron chi connectivity index (χ3n) is 5.50. The van der Waals surface area contributed by atoms with Crippen molar-refractivity contribution < 1.29 is 23.8 Å². The summed E-state index contributed by atoms with van der Waals surface area (Å²) < 4.78 is 19.6. The Morgan fingerprint density at radius 1 is 1.12 bits per heavy atom. The third kappa shape index (κ3) is 3.70. The monoisotopic (exact) mass is 494 g/mol. The molecule has 1 saturated heterocycles. The number of Topliss-reactive ketones (excluding diaryl/α,β-unsaturated/α-hetero) is 1. The highest BCUT2D eigenvalue weighted by molar-refractivity contribution is 7.22. The number of benzene rings is 3. The van der Waals surface area contributed by atoms with E-state index < -0.39 is 23.5 Å². The molecule has 1 unspecified atom stereocenters. The standard InChI is InChI=1S/C25H16ClFN2O4S/c1-33-17-7-3-4-13(11-17)21-20(22(30)14-5-2-6-15(26)10-14)23(31)24(32)29(21)25-28-18-9-8-16(27)12-19(18)34-25/h2-12,21,30H,1H3/b22-20+. The predicted molar refractivity (Wildman–Crippen MR) is 129 cm³/mol.